The summed E-state index contributed by atoms with van der Waals surface area (Å²) in [4.78, 5) is 31.0. The van der Waals surface area contributed by atoms with Crippen LogP contribution < -0.4 is 16.0 Å². The minimum Gasteiger partial charge on any atom is -0.496 e. The van der Waals surface area contributed by atoms with Crippen LogP contribution in [0.5, 0.6) is 5.75 Å². The van der Waals surface area contributed by atoms with Crippen LogP contribution in [-0.4, -0.2) is 41.2 Å². The Morgan fingerprint density at radius 2 is 1.97 bits per heavy atom. The summed E-state index contributed by atoms with van der Waals surface area (Å²) in [5.74, 6) is 2.06. The van der Waals surface area contributed by atoms with Gasteiger partial charge in [-0.2, -0.15) is 0 Å². The molecule has 0 amide bonds. The third-order valence-corrected chi connectivity index (χ3v) is 7.22. The molecule has 0 spiro atoms. The summed E-state index contributed by atoms with van der Waals surface area (Å²) in [5.41, 5.74) is 3.26. The lowest BCUT2D eigenvalue weighted by Crippen LogP contribution is -2.38. The molecule has 0 saturated carbocycles. The van der Waals surface area contributed by atoms with Crippen LogP contribution in [0.25, 0.3) is 22.1 Å². The Morgan fingerprint density at radius 3 is 2.84 bits per heavy atom. The molecule has 32 heavy (non-hydrogen) atoms. The van der Waals surface area contributed by atoms with E-state index >= 15 is 0 Å². The Kier molecular flexibility index (Phi) is 4.47. The number of aromatic amines is 1. The van der Waals surface area contributed by atoms with Crippen LogP contribution in [0.3, 0.4) is 0 Å². The van der Waals surface area contributed by atoms with Crippen LogP contribution in [-0.2, 0) is 13.0 Å². The highest BCUT2D eigenvalue weighted by Crippen LogP contribution is 2.43. The van der Waals surface area contributed by atoms with Gasteiger partial charge in [-0.05, 0) is 48.1 Å². The Morgan fingerprint density at radius 1 is 1.09 bits per heavy atom. The van der Waals surface area contributed by atoms with Gasteiger partial charge in [-0.15, -0.1) is 0 Å². The zero-order valence-corrected chi connectivity index (χ0v) is 18.0. The number of nitrogens with zero attached hydrogens (tertiary/aromatic N) is 2. The van der Waals surface area contributed by atoms with Crippen molar-refractivity contribution < 1.29 is 9.15 Å². The van der Waals surface area contributed by atoms with Gasteiger partial charge in [-0.25, -0.2) is 4.79 Å². The smallest absolute Gasteiger partial charge is 0.329 e. The fourth-order valence-corrected chi connectivity index (χ4v) is 5.66. The van der Waals surface area contributed by atoms with E-state index < -0.39 is 0 Å². The van der Waals surface area contributed by atoms with Crippen molar-refractivity contribution in [1.82, 2.24) is 14.5 Å². The Hall–Kier alpha value is -3.32. The monoisotopic (exact) mass is 431 g/mol. The molecule has 4 aromatic rings. The number of H-pyrrole nitrogens is 1. The molecule has 2 aromatic heterocycles. The first-order chi connectivity index (χ1) is 15.6. The number of aromatic nitrogens is 2. The van der Waals surface area contributed by atoms with Gasteiger partial charge in [0, 0.05) is 37.5 Å². The highest BCUT2D eigenvalue weighted by Gasteiger charge is 2.38. The van der Waals surface area contributed by atoms with Crippen molar-refractivity contribution in [1.29, 1.82) is 0 Å². The van der Waals surface area contributed by atoms with Gasteiger partial charge in [0.25, 0.3) is 5.56 Å². The topological polar surface area (TPSA) is 80.5 Å². The minimum atomic E-state index is -0.388. The maximum Gasteiger partial charge on any atom is 0.329 e. The number of rotatable bonds is 4. The van der Waals surface area contributed by atoms with Crippen LogP contribution >= 0.6 is 0 Å². The molecule has 164 valence electrons. The maximum atomic E-state index is 13.0. The van der Waals surface area contributed by atoms with Crippen LogP contribution in [0.2, 0.25) is 0 Å². The molecule has 7 nitrogen and oxygen atoms in total. The van der Waals surface area contributed by atoms with Crippen LogP contribution in [0, 0.1) is 5.92 Å². The largest absolute Gasteiger partial charge is 0.496 e. The first kappa shape index (κ1) is 19.4. The van der Waals surface area contributed by atoms with E-state index in [0.29, 0.717) is 36.0 Å². The van der Waals surface area contributed by atoms with Crippen molar-refractivity contribution in [2.45, 2.75) is 25.3 Å². The zero-order valence-electron chi connectivity index (χ0n) is 18.0. The Labute approximate surface area is 184 Å². The van der Waals surface area contributed by atoms with E-state index in [9.17, 15) is 9.59 Å². The van der Waals surface area contributed by atoms with E-state index in [1.165, 1.54) is 15.7 Å². The van der Waals surface area contributed by atoms with Crippen molar-refractivity contribution in [2.75, 3.05) is 26.7 Å². The average molecular weight is 431 g/mol. The van der Waals surface area contributed by atoms with Gasteiger partial charge in [0.15, 0.2) is 0 Å². The summed E-state index contributed by atoms with van der Waals surface area (Å²) in [6.45, 7) is 2.91. The molecule has 0 radical (unpaired) electrons. The SMILES string of the molecule is COc1cccc2c1CCC1CN(CCn3c(=O)[nH]c4c(oc5ccccc54)c3=O)CC21. The van der Waals surface area contributed by atoms with Gasteiger partial charge in [-0.3, -0.25) is 9.36 Å². The van der Waals surface area contributed by atoms with Gasteiger partial charge < -0.3 is 19.0 Å². The molecule has 2 atom stereocenters. The molecular formula is C25H25N3O4. The molecule has 3 heterocycles. The van der Waals surface area contributed by atoms with Crippen molar-refractivity contribution in [3.63, 3.8) is 0 Å². The maximum absolute atomic E-state index is 13.0. The molecule has 2 unspecified atom stereocenters. The van der Waals surface area contributed by atoms with Crippen molar-refractivity contribution in [3.05, 3.63) is 74.4 Å². The molecule has 2 aromatic carbocycles. The summed E-state index contributed by atoms with van der Waals surface area (Å²) in [6, 6.07) is 13.7. The zero-order chi connectivity index (χ0) is 21.8. The average Bonchev–Trinajstić information content (AvgIpc) is 3.40. The highest BCUT2D eigenvalue weighted by molar-refractivity contribution is 6.01. The number of hydrogen-bond acceptors (Lipinski definition) is 5. The van der Waals surface area contributed by atoms with E-state index in [1.54, 1.807) is 13.2 Å². The number of hydrogen-bond donors (Lipinski definition) is 1. The fraction of sp³-hybridized carbons (Fsp3) is 0.360. The van der Waals surface area contributed by atoms with Crippen molar-refractivity contribution in [2.24, 2.45) is 5.92 Å². The molecule has 1 aliphatic heterocycles. The number of nitrogens with one attached hydrogen (secondary N) is 1. The predicted molar refractivity (Wildman–Crippen MR) is 123 cm³/mol. The summed E-state index contributed by atoms with van der Waals surface area (Å²) < 4.78 is 12.6. The lowest BCUT2D eigenvalue weighted by Gasteiger charge is -2.28. The molecule has 2 aliphatic rings. The van der Waals surface area contributed by atoms with Gasteiger partial charge in [0.2, 0.25) is 5.58 Å². The molecule has 1 fully saturated rings. The normalized spacial score (nSPS) is 20.5. The second-order valence-electron chi connectivity index (χ2n) is 8.88. The number of fused-ring (bicyclic) bond motifs is 6. The first-order valence-corrected chi connectivity index (χ1v) is 11.2. The van der Waals surface area contributed by atoms with Crippen molar-refractivity contribution in [3.8, 4) is 5.75 Å². The molecular weight excluding hydrogens is 406 g/mol. The molecule has 0 bridgehead atoms. The summed E-state index contributed by atoms with van der Waals surface area (Å²) in [5, 5.41) is 0.751. The minimum absolute atomic E-state index is 0.210. The second kappa shape index (κ2) is 7.38. The van der Waals surface area contributed by atoms with E-state index in [4.69, 9.17) is 9.15 Å². The first-order valence-electron chi connectivity index (χ1n) is 11.2. The van der Waals surface area contributed by atoms with E-state index in [0.717, 1.165) is 37.1 Å². The van der Waals surface area contributed by atoms with Crippen LogP contribution in [0.1, 0.15) is 23.5 Å². The number of para-hydroxylation sites is 1. The number of methoxy groups -OCH3 is 1. The fourth-order valence-electron chi connectivity index (χ4n) is 5.66. The van der Waals surface area contributed by atoms with Crippen LogP contribution in [0.4, 0.5) is 0 Å². The quantitative estimate of drug-likeness (QED) is 0.537. The number of ether oxygens (including phenoxy) is 1. The van der Waals surface area contributed by atoms with Gasteiger partial charge in [0.05, 0.1) is 7.11 Å². The third kappa shape index (κ3) is 2.92. The molecule has 7 heteroatoms. The lowest BCUT2D eigenvalue weighted by molar-refractivity contribution is 0.303. The van der Waals surface area contributed by atoms with E-state index in [1.807, 2.05) is 24.3 Å². The number of likely N-dealkylation sites (tertiary alicyclic amines) is 1. The standard InChI is InChI=1S/C25H25N3O4/c1-31-20-8-4-6-16-17(20)10-9-15-13-27(14-19(15)16)11-12-28-24(29)23-22(26-25(28)30)18-5-2-3-7-21(18)32-23/h2-8,15,19H,9-14H2,1H3,(H,26,30). The summed E-state index contributed by atoms with van der Waals surface area (Å²) in [6.07, 6.45) is 2.18. The van der Waals surface area contributed by atoms with E-state index in [2.05, 4.69) is 22.0 Å². The van der Waals surface area contributed by atoms with Crippen molar-refractivity contribution >= 4 is 22.1 Å². The number of benzene rings is 2. The lowest BCUT2D eigenvalue weighted by atomic mass is 9.77. The van der Waals surface area contributed by atoms with Gasteiger partial charge >= 0.3 is 5.69 Å². The Bertz CT molecular complexity index is 1450. The summed E-state index contributed by atoms with van der Waals surface area (Å²) in [7, 11) is 1.73. The van der Waals surface area contributed by atoms with E-state index in [-0.39, 0.29) is 16.8 Å². The molecule has 1 saturated heterocycles. The predicted octanol–water partition coefficient (Wildman–Crippen LogP) is 3.11. The molecule has 6 rings (SSSR count). The number of furan rings is 1. The van der Waals surface area contributed by atoms with Gasteiger partial charge in [0.1, 0.15) is 16.8 Å². The van der Waals surface area contributed by atoms with Gasteiger partial charge in [-0.1, -0.05) is 24.3 Å². The third-order valence-electron chi connectivity index (χ3n) is 7.22. The highest BCUT2D eigenvalue weighted by atomic mass is 16.5. The summed E-state index contributed by atoms with van der Waals surface area (Å²) >= 11 is 0. The van der Waals surface area contributed by atoms with Crippen LogP contribution in [0.15, 0.2) is 56.5 Å². The molecule has 1 N–H and O–H groups in total. The second-order valence-corrected chi connectivity index (χ2v) is 8.88. The Balaban J connectivity index is 1.25. The molecule has 1 aliphatic carbocycles.